The van der Waals surface area contributed by atoms with Crippen molar-refractivity contribution in [2.45, 2.75) is 139 Å². The van der Waals surface area contributed by atoms with E-state index in [9.17, 15) is 9.59 Å². The Balaban J connectivity index is 0.000000151. The Kier molecular flexibility index (Phi) is 8.15. The molecule has 42 heavy (non-hydrogen) atoms. The highest BCUT2D eigenvalue weighted by Gasteiger charge is 2.73. The molecule has 0 aromatic carbocycles. The van der Waals surface area contributed by atoms with E-state index in [1.165, 1.54) is 31.3 Å². The van der Waals surface area contributed by atoms with Crippen molar-refractivity contribution in [3.8, 4) is 0 Å². The first-order valence-corrected chi connectivity index (χ1v) is 16.1. The van der Waals surface area contributed by atoms with Gasteiger partial charge in [-0.05, 0) is 79.1 Å². The van der Waals surface area contributed by atoms with Crippen LogP contribution in [0.15, 0.2) is 23.3 Å². The minimum Gasteiger partial charge on any atom is -0.373 e. The van der Waals surface area contributed by atoms with Gasteiger partial charge >= 0.3 is 0 Å². The van der Waals surface area contributed by atoms with Crippen LogP contribution in [-0.4, -0.2) is 85.8 Å². The van der Waals surface area contributed by atoms with E-state index in [2.05, 4.69) is 39.8 Å². The Hall–Kier alpha value is -1.42. The molecule has 0 radical (unpaired) electrons. The summed E-state index contributed by atoms with van der Waals surface area (Å²) in [6, 6.07) is 0. The van der Waals surface area contributed by atoms with E-state index in [4.69, 9.17) is 28.4 Å². The van der Waals surface area contributed by atoms with E-state index in [-0.39, 0.29) is 70.2 Å². The van der Waals surface area contributed by atoms with Gasteiger partial charge in [0, 0.05) is 27.1 Å². The van der Waals surface area contributed by atoms with Gasteiger partial charge in [0.2, 0.25) is 0 Å². The maximum absolute atomic E-state index is 12.3. The molecule has 0 amide bonds. The summed E-state index contributed by atoms with van der Waals surface area (Å²) < 4.78 is 34.7. The van der Waals surface area contributed by atoms with Crippen molar-refractivity contribution < 1.29 is 38.0 Å². The van der Waals surface area contributed by atoms with Crippen molar-refractivity contribution in [1.82, 2.24) is 0 Å². The number of Topliss-reactive ketones (excluding diaryl/α,β-unsaturated/α-hetero) is 2. The first-order chi connectivity index (χ1) is 20.0. The van der Waals surface area contributed by atoms with Crippen LogP contribution in [-0.2, 0) is 38.0 Å². The third kappa shape index (κ3) is 5.49. The molecule has 10 atom stereocenters. The number of carbonyl (C=O) groups is 2. The first-order valence-electron chi connectivity index (χ1n) is 16.1. The zero-order chi connectivity index (χ0) is 29.9. The molecule has 7 fully saturated rings. The normalized spacial score (nSPS) is 46.8. The molecule has 2 spiro atoms. The maximum atomic E-state index is 12.3. The molecular weight excluding hydrogens is 536 g/mol. The molecule has 7 aliphatic rings. The van der Waals surface area contributed by atoms with Crippen LogP contribution in [0.1, 0.15) is 91.9 Å². The van der Waals surface area contributed by atoms with Crippen molar-refractivity contribution >= 4 is 11.6 Å². The summed E-state index contributed by atoms with van der Waals surface area (Å²) in [5, 5.41) is 0. The monoisotopic (exact) mass is 586 g/mol. The molecule has 8 heteroatoms. The molecule has 3 saturated carbocycles. The lowest BCUT2D eigenvalue weighted by molar-refractivity contribution is -0.142. The van der Waals surface area contributed by atoms with Crippen LogP contribution in [0.5, 0.6) is 0 Å². The van der Waals surface area contributed by atoms with E-state index in [0.29, 0.717) is 12.8 Å². The largest absolute Gasteiger partial charge is 0.373 e. The van der Waals surface area contributed by atoms with Gasteiger partial charge in [0.25, 0.3) is 0 Å². The van der Waals surface area contributed by atoms with Crippen LogP contribution in [0, 0.1) is 11.8 Å². The minimum absolute atomic E-state index is 0.0248. The molecule has 3 aliphatic carbocycles. The SMILES string of the molecule is CO[C@@H]1C(=O)CC[C@]2(CO2)[C@H]1[C@@]1(C)O[C@@H]1CC=C(C)C.CO[C@@H]1C(=O)CC[C@]2(CO2)[C@H]1[C@@]1(C)O[C@@H]1CC=C1CCCC1. The van der Waals surface area contributed by atoms with Crippen LogP contribution in [0.3, 0.4) is 0 Å². The fourth-order valence-electron chi connectivity index (χ4n) is 8.51. The lowest BCUT2D eigenvalue weighted by atomic mass is 9.69. The Bertz CT molecular complexity index is 1120. The molecule has 0 unspecified atom stereocenters. The highest BCUT2D eigenvalue weighted by molar-refractivity contribution is 5.85. The number of hydrogen-bond acceptors (Lipinski definition) is 8. The molecular formula is C34H50O8. The molecule has 0 aromatic heterocycles. The van der Waals surface area contributed by atoms with Gasteiger partial charge in [0.1, 0.15) is 34.6 Å². The van der Waals surface area contributed by atoms with Crippen LogP contribution in [0.2, 0.25) is 0 Å². The van der Waals surface area contributed by atoms with Crippen molar-refractivity contribution in [3.63, 3.8) is 0 Å². The molecule has 0 N–H and O–H groups in total. The molecule has 4 heterocycles. The summed E-state index contributed by atoms with van der Waals surface area (Å²) in [6.45, 7) is 9.91. The minimum atomic E-state index is -0.382. The highest BCUT2D eigenvalue weighted by atomic mass is 16.6. The van der Waals surface area contributed by atoms with E-state index in [1.807, 2.05) is 0 Å². The lowest BCUT2D eigenvalue weighted by Gasteiger charge is -2.37. The molecule has 0 aromatic rings. The Morgan fingerprint density at radius 1 is 0.786 bits per heavy atom. The zero-order valence-electron chi connectivity index (χ0n) is 26.4. The summed E-state index contributed by atoms with van der Waals surface area (Å²) in [4.78, 5) is 24.4. The van der Waals surface area contributed by atoms with Crippen LogP contribution < -0.4 is 0 Å². The maximum Gasteiger partial charge on any atom is 0.162 e. The molecule has 8 nitrogen and oxygen atoms in total. The van der Waals surface area contributed by atoms with Gasteiger partial charge in [0.15, 0.2) is 11.6 Å². The van der Waals surface area contributed by atoms with Crippen molar-refractivity contribution in [3.05, 3.63) is 23.3 Å². The van der Waals surface area contributed by atoms with E-state index < -0.39 is 0 Å². The lowest BCUT2D eigenvalue weighted by Crippen LogP contribution is -2.52. The number of allylic oxidation sites excluding steroid dienone is 2. The van der Waals surface area contributed by atoms with Gasteiger partial charge in [-0.15, -0.1) is 0 Å². The average Bonchev–Trinajstić information content (AvgIpc) is 3.92. The smallest absolute Gasteiger partial charge is 0.162 e. The quantitative estimate of drug-likeness (QED) is 0.287. The fraction of sp³-hybridized carbons (Fsp3) is 0.824. The van der Waals surface area contributed by atoms with E-state index in [1.54, 1.807) is 19.8 Å². The predicted octanol–water partition coefficient (Wildman–Crippen LogP) is 5.06. The first kappa shape index (κ1) is 30.6. The Morgan fingerprint density at radius 2 is 1.24 bits per heavy atom. The van der Waals surface area contributed by atoms with Crippen molar-refractivity contribution in [1.29, 1.82) is 0 Å². The molecule has 4 aliphatic heterocycles. The average molecular weight is 587 g/mol. The third-order valence-electron chi connectivity index (χ3n) is 11.3. The Labute approximate surface area is 250 Å². The van der Waals surface area contributed by atoms with Gasteiger partial charge in [-0.25, -0.2) is 0 Å². The van der Waals surface area contributed by atoms with Crippen LogP contribution in [0.25, 0.3) is 0 Å². The van der Waals surface area contributed by atoms with Gasteiger partial charge in [0.05, 0.1) is 37.3 Å². The van der Waals surface area contributed by atoms with Gasteiger partial charge in [-0.3, -0.25) is 9.59 Å². The Morgan fingerprint density at radius 3 is 1.64 bits per heavy atom. The van der Waals surface area contributed by atoms with E-state index in [0.717, 1.165) is 38.9 Å². The number of ketones is 2. The summed E-state index contributed by atoms with van der Waals surface area (Å²) in [5.74, 6) is 0.463. The topological polar surface area (TPSA) is 103 Å². The summed E-state index contributed by atoms with van der Waals surface area (Å²) in [7, 11) is 3.26. The van der Waals surface area contributed by atoms with Gasteiger partial charge in [-0.2, -0.15) is 0 Å². The van der Waals surface area contributed by atoms with Crippen LogP contribution >= 0.6 is 0 Å². The van der Waals surface area contributed by atoms with Crippen LogP contribution in [0.4, 0.5) is 0 Å². The summed E-state index contributed by atoms with van der Waals surface area (Å²) in [5.41, 5.74) is 1.96. The third-order valence-corrected chi connectivity index (χ3v) is 11.3. The molecule has 7 rings (SSSR count). The predicted molar refractivity (Wildman–Crippen MR) is 156 cm³/mol. The number of carbonyl (C=O) groups excluding carboxylic acids is 2. The number of hydrogen-bond donors (Lipinski definition) is 0. The van der Waals surface area contributed by atoms with E-state index >= 15 is 0 Å². The second-order valence-corrected chi connectivity index (χ2v) is 14.3. The van der Waals surface area contributed by atoms with Gasteiger partial charge in [-0.1, -0.05) is 23.3 Å². The number of rotatable bonds is 8. The molecule has 4 saturated heterocycles. The van der Waals surface area contributed by atoms with Crippen molar-refractivity contribution in [2.75, 3.05) is 27.4 Å². The summed E-state index contributed by atoms with van der Waals surface area (Å²) >= 11 is 0. The molecule has 234 valence electrons. The van der Waals surface area contributed by atoms with Gasteiger partial charge < -0.3 is 28.4 Å². The number of ether oxygens (including phenoxy) is 6. The fourth-order valence-corrected chi connectivity index (χ4v) is 8.51. The second-order valence-electron chi connectivity index (χ2n) is 14.3. The highest BCUT2D eigenvalue weighted by Crippen LogP contribution is 2.60. The molecule has 0 bridgehead atoms. The standard InChI is InChI=1S/C18H26O4.C16H24O4/c1-17(14(22-17)8-7-12-5-3-4-6-12)16-15(20-2)13(19)9-10-18(16)11-21-18;1-10(2)5-6-12-15(3,20-12)14-13(18-4)11(17)7-8-16(14)9-19-16/h7,14-16H,3-6,8-11H2,1-2H3;5,12-14H,6-9H2,1-4H3/t14-,15-,16-,17+,18+;12-,13-,14-,15+,16+/m11/s1. The number of methoxy groups -OCH3 is 2. The zero-order valence-corrected chi connectivity index (χ0v) is 26.4. The summed E-state index contributed by atoms with van der Waals surface area (Å²) in [6.07, 6.45) is 14.0. The second kappa shape index (κ2) is 11.2. The number of epoxide rings is 4. The van der Waals surface area contributed by atoms with Crippen molar-refractivity contribution in [2.24, 2.45) is 11.8 Å².